The Labute approximate surface area is 224 Å². The van der Waals surface area contributed by atoms with Crippen LogP contribution in [0.15, 0.2) is 29.4 Å². The molecule has 15 heteroatoms. The molecule has 4 rings (SSSR count). The van der Waals surface area contributed by atoms with E-state index in [1.165, 1.54) is 27.3 Å². The summed E-state index contributed by atoms with van der Waals surface area (Å²) in [6.07, 6.45) is 1.08. The summed E-state index contributed by atoms with van der Waals surface area (Å²) in [5, 5.41) is 10.7. The molecule has 1 amide bonds. The van der Waals surface area contributed by atoms with Crippen LogP contribution in [0.3, 0.4) is 0 Å². The van der Waals surface area contributed by atoms with Crippen LogP contribution >= 0.6 is 35.6 Å². The molecule has 0 atom stereocenters. The number of halogens is 5. The number of aryl methyl sites for hydroxylation is 1. The summed E-state index contributed by atoms with van der Waals surface area (Å²) in [4.78, 5) is 14.8. The Morgan fingerprint density at radius 1 is 1.11 bits per heavy atom. The molecule has 2 aromatic rings. The van der Waals surface area contributed by atoms with Crippen LogP contribution in [0.5, 0.6) is 0 Å². The van der Waals surface area contributed by atoms with Crippen molar-refractivity contribution in [1.29, 1.82) is 0 Å². The first-order valence-electron chi connectivity index (χ1n) is 11.1. The van der Waals surface area contributed by atoms with Crippen LogP contribution in [0.1, 0.15) is 36.0 Å². The van der Waals surface area contributed by atoms with E-state index < -0.39 is 27.4 Å². The van der Waals surface area contributed by atoms with Crippen molar-refractivity contribution in [2.24, 2.45) is 7.05 Å². The predicted molar refractivity (Wildman–Crippen MR) is 134 cm³/mol. The van der Waals surface area contributed by atoms with E-state index >= 15 is 0 Å². The zero-order valence-electron chi connectivity index (χ0n) is 19.5. The summed E-state index contributed by atoms with van der Waals surface area (Å²) in [7, 11) is -2.23. The van der Waals surface area contributed by atoms with Crippen LogP contribution in [0.4, 0.5) is 8.78 Å². The number of alkyl halides is 2. The molecule has 1 saturated heterocycles. The van der Waals surface area contributed by atoms with Crippen LogP contribution < -0.4 is 5.32 Å². The first-order chi connectivity index (χ1) is 16.4. The average molecular weight is 588 g/mol. The van der Waals surface area contributed by atoms with Crippen molar-refractivity contribution < 1.29 is 22.0 Å². The Balaban J connectivity index is 0.00000361. The van der Waals surface area contributed by atoms with Crippen molar-refractivity contribution in [2.45, 2.75) is 42.2 Å². The fraction of sp³-hybridized carbons (Fsp3) is 0.571. The van der Waals surface area contributed by atoms with Crippen LogP contribution in [0, 0.1) is 0 Å². The lowest BCUT2D eigenvalue weighted by molar-refractivity contribution is -0.0856. The number of nitrogens with zero attached hydrogens (tertiary/aromatic N) is 5. The third-order valence-corrected chi connectivity index (χ3v) is 9.07. The highest BCUT2D eigenvalue weighted by molar-refractivity contribution is 7.89. The van der Waals surface area contributed by atoms with Gasteiger partial charge in [0.25, 0.3) is 15.9 Å². The third-order valence-electron chi connectivity index (χ3n) is 6.76. The van der Waals surface area contributed by atoms with Crippen LogP contribution in [0.2, 0.25) is 10.0 Å². The number of nitrogens with one attached hydrogen (secondary N) is 1. The van der Waals surface area contributed by atoms with Crippen LogP contribution in [0.25, 0.3) is 0 Å². The predicted octanol–water partition coefficient (Wildman–Crippen LogP) is 3.23. The molecule has 1 saturated carbocycles. The third kappa shape index (κ3) is 6.11. The number of sulfonamides is 1. The van der Waals surface area contributed by atoms with E-state index in [1.54, 1.807) is 13.1 Å². The second-order valence-electron chi connectivity index (χ2n) is 9.01. The molecule has 1 aliphatic heterocycles. The Hall–Kier alpha value is -1.57. The molecular formula is C21H27Cl3F2N6O3S. The maximum atomic E-state index is 14.0. The summed E-state index contributed by atoms with van der Waals surface area (Å²) in [5.74, 6) is -3.18. The Morgan fingerprint density at radius 2 is 1.75 bits per heavy atom. The fourth-order valence-electron chi connectivity index (χ4n) is 4.68. The highest BCUT2D eigenvalue weighted by Crippen LogP contribution is 2.42. The lowest BCUT2D eigenvalue weighted by Crippen LogP contribution is -2.63. The molecule has 36 heavy (non-hydrogen) atoms. The number of rotatable bonds is 6. The molecule has 0 unspecified atom stereocenters. The maximum Gasteiger partial charge on any atom is 0.264 e. The van der Waals surface area contributed by atoms with Crippen molar-refractivity contribution in [1.82, 2.24) is 29.5 Å². The van der Waals surface area contributed by atoms with Crippen LogP contribution in [-0.4, -0.2) is 82.7 Å². The molecule has 2 fully saturated rings. The van der Waals surface area contributed by atoms with Crippen molar-refractivity contribution in [3.8, 4) is 0 Å². The van der Waals surface area contributed by atoms with E-state index in [1.807, 2.05) is 4.90 Å². The van der Waals surface area contributed by atoms with E-state index in [0.29, 0.717) is 18.1 Å². The maximum absolute atomic E-state index is 14.0. The molecule has 1 aromatic carbocycles. The number of piperazine rings is 1. The van der Waals surface area contributed by atoms with E-state index in [0.717, 1.165) is 0 Å². The zero-order valence-corrected chi connectivity index (χ0v) is 22.6. The molecule has 2 aliphatic rings. The van der Waals surface area contributed by atoms with Gasteiger partial charge in [0, 0.05) is 63.2 Å². The van der Waals surface area contributed by atoms with Gasteiger partial charge in [0.1, 0.15) is 0 Å². The van der Waals surface area contributed by atoms with Crippen molar-refractivity contribution >= 4 is 51.5 Å². The second kappa shape index (κ2) is 11.0. The number of benzene rings is 1. The standard InChI is InChI=1S/C21H26Cl2F2N6O3S.ClH/c1-29-13-18(27-28-29)35(33,34)31-10-8-30(9-11-31)20(4-6-21(24,25)7-5-20)14-26-19(32)16-3-2-15(22)12-17(16)23;/h2-3,12-13H,4-11,14H2,1H3,(H,26,32);1H. The lowest BCUT2D eigenvalue weighted by Gasteiger charge is -2.50. The Morgan fingerprint density at radius 3 is 2.31 bits per heavy atom. The first kappa shape index (κ1) is 29.0. The Kier molecular flexibility index (Phi) is 8.89. The number of amides is 1. The number of carbonyl (C=O) groups is 1. The highest BCUT2D eigenvalue weighted by Gasteiger charge is 2.48. The minimum atomic E-state index is -3.81. The fourth-order valence-corrected chi connectivity index (χ4v) is 6.51. The van der Waals surface area contributed by atoms with Gasteiger partial charge in [-0.2, -0.15) is 4.31 Å². The molecule has 1 aliphatic carbocycles. The molecule has 1 aromatic heterocycles. The summed E-state index contributed by atoms with van der Waals surface area (Å²) in [6, 6.07) is 4.53. The number of hydrogen-bond acceptors (Lipinski definition) is 6. The van der Waals surface area contributed by atoms with Gasteiger partial charge in [-0.15, -0.1) is 17.5 Å². The van der Waals surface area contributed by atoms with E-state index in [4.69, 9.17) is 23.2 Å². The van der Waals surface area contributed by atoms with Crippen molar-refractivity contribution in [3.05, 3.63) is 40.0 Å². The van der Waals surface area contributed by atoms with Crippen molar-refractivity contribution in [2.75, 3.05) is 32.7 Å². The molecular weight excluding hydrogens is 561 g/mol. The first-order valence-corrected chi connectivity index (χ1v) is 13.3. The normalized spacial score (nSPS) is 20.5. The topological polar surface area (TPSA) is 100 Å². The van der Waals surface area contributed by atoms with Gasteiger partial charge in [0.05, 0.1) is 16.8 Å². The van der Waals surface area contributed by atoms with Gasteiger partial charge in [-0.25, -0.2) is 17.2 Å². The molecule has 1 N–H and O–H groups in total. The van der Waals surface area contributed by atoms with Gasteiger partial charge in [-0.05, 0) is 31.0 Å². The van der Waals surface area contributed by atoms with Gasteiger partial charge in [0.15, 0.2) is 0 Å². The summed E-state index contributed by atoms with van der Waals surface area (Å²) in [5.41, 5.74) is -0.481. The minimum Gasteiger partial charge on any atom is -0.350 e. The zero-order chi connectivity index (χ0) is 25.4. The number of hydrogen-bond donors (Lipinski definition) is 1. The smallest absolute Gasteiger partial charge is 0.264 e. The van der Waals surface area contributed by atoms with Gasteiger partial charge >= 0.3 is 0 Å². The second-order valence-corrected chi connectivity index (χ2v) is 11.7. The minimum absolute atomic E-state index is 0. The van der Waals surface area contributed by atoms with Gasteiger partial charge in [0.2, 0.25) is 10.9 Å². The summed E-state index contributed by atoms with van der Waals surface area (Å²) < 4.78 is 56.5. The van der Waals surface area contributed by atoms with Gasteiger partial charge in [-0.3, -0.25) is 14.4 Å². The SMILES string of the molecule is Cl.Cn1cc(S(=O)(=O)N2CCN(C3(CNC(=O)c4ccc(Cl)cc4Cl)CCC(F)(F)CC3)CC2)nn1. The van der Waals surface area contributed by atoms with Gasteiger partial charge < -0.3 is 5.32 Å². The molecule has 0 radical (unpaired) electrons. The molecule has 200 valence electrons. The number of carbonyl (C=O) groups excluding carboxylic acids is 1. The van der Waals surface area contributed by atoms with E-state index in [-0.39, 0.29) is 73.3 Å². The number of aromatic nitrogens is 3. The van der Waals surface area contributed by atoms with E-state index in [9.17, 15) is 22.0 Å². The monoisotopic (exact) mass is 586 g/mol. The lowest BCUT2D eigenvalue weighted by atomic mass is 9.78. The Bertz CT molecular complexity index is 1200. The molecule has 0 spiro atoms. The largest absolute Gasteiger partial charge is 0.350 e. The van der Waals surface area contributed by atoms with Gasteiger partial charge in [-0.1, -0.05) is 28.4 Å². The molecule has 9 nitrogen and oxygen atoms in total. The molecule has 2 heterocycles. The molecule has 0 bridgehead atoms. The quantitative estimate of drug-likeness (QED) is 0.557. The highest BCUT2D eigenvalue weighted by atomic mass is 35.5. The summed E-state index contributed by atoms with van der Waals surface area (Å²) in [6.45, 7) is 1.16. The average Bonchev–Trinajstić information content (AvgIpc) is 3.26. The summed E-state index contributed by atoms with van der Waals surface area (Å²) >= 11 is 12.1. The van der Waals surface area contributed by atoms with Crippen molar-refractivity contribution in [3.63, 3.8) is 0 Å². The van der Waals surface area contributed by atoms with Crippen LogP contribution in [-0.2, 0) is 17.1 Å². The van der Waals surface area contributed by atoms with E-state index in [2.05, 4.69) is 15.6 Å².